The van der Waals surface area contributed by atoms with Crippen molar-refractivity contribution in [2.75, 3.05) is 26.0 Å². The number of sulfonamides is 1. The summed E-state index contributed by atoms with van der Waals surface area (Å²) in [5, 5.41) is 1.87. The summed E-state index contributed by atoms with van der Waals surface area (Å²) < 4.78 is 31.4. The molecule has 0 fully saturated rings. The maximum atomic E-state index is 12.6. The summed E-state index contributed by atoms with van der Waals surface area (Å²) >= 11 is 0. The molecular formula is C23H25N3O4S. The summed E-state index contributed by atoms with van der Waals surface area (Å²) in [6.07, 6.45) is 0. The average molecular weight is 440 g/mol. The van der Waals surface area contributed by atoms with Gasteiger partial charge < -0.3 is 14.7 Å². The third kappa shape index (κ3) is 4.41. The van der Waals surface area contributed by atoms with Gasteiger partial charge in [-0.15, -0.1) is 0 Å². The fourth-order valence-corrected chi connectivity index (χ4v) is 4.73. The van der Waals surface area contributed by atoms with Crippen molar-refractivity contribution in [3.63, 3.8) is 0 Å². The summed E-state index contributed by atoms with van der Waals surface area (Å²) in [4.78, 5) is 18.8. The number of benzene rings is 2. The number of fused-ring (bicyclic) bond motifs is 2. The number of methoxy groups -OCH3 is 1. The number of hydrogen-bond donors (Lipinski definition) is 2. The third-order valence-electron chi connectivity index (χ3n) is 5.39. The van der Waals surface area contributed by atoms with E-state index in [1.807, 2.05) is 54.6 Å². The number of H-pyrrole nitrogens is 2. The van der Waals surface area contributed by atoms with Gasteiger partial charge in [-0.3, -0.25) is 4.79 Å². The lowest BCUT2D eigenvalue weighted by atomic mass is 10.1. The lowest BCUT2D eigenvalue weighted by molar-refractivity contribution is 0.177. The van der Waals surface area contributed by atoms with Crippen LogP contribution in [0.3, 0.4) is 0 Å². The molecule has 8 heteroatoms. The number of ether oxygens (including phenoxy) is 1. The third-order valence-corrected chi connectivity index (χ3v) is 7.22. The van der Waals surface area contributed by atoms with Crippen molar-refractivity contribution in [3.8, 4) is 11.3 Å². The number of pyridine rings is 1. The van der Waals surface area contributed by atoms with Crippen molar-refractivity contribution in [1.82, 2.24) is 14.3 Å². The van der Waals surface area contributed by atoms with Crippen molar-refractivity contribution >= 4 is 31.8 Å². The Bertz CT molecular complexity index is 1390. The first-order valence-corrected chi connectivity index (χ1v) is 11.7. The van der Waals surface area contributed by atoms with E-state index < -0.39 is 10.0 Å². The van der Waals surface area contributed by atoms with Crippen LogP contribution >= 0.6 is 0 Å². The molecule has 2 aromatic carbocycles. The van der Waals surface area contributed by atoms with Crippen LogP contribution in [0.15, 0.2) is 59.4 Å². The maximum Gasteiger partial charge on any atom is 0.257 e. The molecule has 4 aromatic rings. The molecule has 0 spiro atoms. The molecule has 0 saturated heterocycles. The number of aromatic amines is 2. The van der Waals surface area contributed by atoms with E-state index in [1.165, 1.54) is 4.31 Å². The van der Waals surface area contributed by atoms with Crippen molar-refractivity contribution in [2.24, 2.45) is 0 Å². The molecule has 7 nitrogen and oxygen atoms in total. The van der Waals surface area contributed by atoms with Crippen LogP contribution in [0.2, 0.25) is 0 Å². The lowest BCUT2D eigenvalue weighted by Gasteiger charge is -2.21. The van der Waals surface area contributed by atoms with Crippen LogP contribution in [0, 0.1) is 0 Å². The first-order chi connectivity index (χ1) is 14.9. The van der Waals surface area contributed by atoms with Gasteiger partial charge in [0.1, 0.15) is 0 Å². The number of hydrogen-bond acceptors (Lipinski definition) is 4. The predicted octanol–water partition coefficient (Wildman–Crippen LogP) is 3.47. The van der Waals surface area contributed by atoms with Crippen LogP contribution < -0.4 is 5.56 Å². The van der Waals surface area contributed by atoms with Gasteiger partial charge in [0.15, 0.2) is 0 Å². The second-order valence-electron chi connectivity index (χ2n) is 7.43. The minimum Gasteiger partial charge on any atom is -0.383 e. The van der Waals surface area contributed by atoms with Gasteiger partial charge in [0.2, 0.25) is 10.0 Å². The minimum absolute atomic E-state index is 0.0397. The van der Waals surface area contributed by atoms with Crippen LogP contribution in [-0.4, -0.2) is 48.7 Å². The van der Waals surface area contributed by atoms with Gasteiger partial charge in [-0.25, -0.2) is 8.42 Å². The fourth-order valence-electron chi connectivity index (χ4n) is 3.67. The van der Waals surface area contributed by atoms with E-state index in [4.69, 9.17) is 4.74 Å². The van der Waals surface area contributed by atoms with Gasteiger partial charge in [-0.2, -0.15) is 4.31 Å². The smallest absolute Gasteiger partial charge is 0.257 e. The van der Waals surface area contributed by atoms with E-state index in [9.17, 15) is 13.2 Å². The van der Waals surface area contributed by atoms with Crippen LogP contribution in [0.25, 0.3) is 33.1 Å². The molecule has 0 atom stereocenters. The standard InChI is InChI=1S/C23H25N3O4S/c1-3-31(28,29)26(10-11-30-2)15-16-8-9-21-18(12-16)14-22(24-21)19-13-17-6-4-5-7-20(17)25-23(19)27/h4-9,12-14,24H,3,10-11,15H2,1-2H3,(H,25,27). The van der Waals surface area contributed by atoms with Crippen LogP contribution in [0.1, 0.15) is 12.5 Å². The van der Waals surface area contributed by atoms with E-state index in [2.05, 4.69) is 9.97 Å². The Balaban J connectivity index is 1.69. The second-order valence-corrected chi connectivity index (χ2v) is 9.69. The molecule has 2 aromatic heterocycles. The zero-order valence-corrected chi connectivity index (χ0v) is 18.3. The molecule has 2 heterocycles. The van der Waals surface area contributed by atoms with Gasteiger partial charge in [-0.1, -0.05) is 24.3 Å². The predicted molar refractivity (Wildman–Crippen MR) is 124 cm³/mol. The Hall–Kier alpha value is -2.94. The first-order valence-electron chi connectivity index (χ1n) is 10.1. The van der Waals surface area contributed by atoms with E-state index in [0.717, 1.165) is 33.1 Å². The number of para-hydroxylation sites is 1. The molecule has 0 aliphatic carbocycles. The monoisotopic (exact) mass is 439 g/mol. The van der Waals surface area contributed by atoms with Gasteiger partial charge in [0.25, 0.3) is 5.56 Å². The molecule has 4 rings (SSSR count). The van der Waals surface area contributed by atoms with Gasteiger partial charge in [0.05, 0.1) is 23.6 Å². The molecule has 0 amide bonds. The number of nitrogens with one attached hydrogen (secondary N) is 2. The highest BCUT2D eigenvalue weighted by atomic mass is 32.2. The van der Waals surface area contributed by atoms with E-state index >= 15 is 0 Å². The molecule has 0 radical (unpaired) electrons. The Morgan fingerprint density at radius 1 is 0.968 bits per heavy atom. The van der Waals surface area contributed by atoms with Crippen LogP contribution in [0.4, 0.5) is 0 Å². The minimum atomic E-state index is -3.35. The van der Waals surface area contributed by atoms with Crippen molar-refractivity contribution < 1.29 is 13.2 Å². The van der Waals surface area contributed by atoms with E-state index in [0.29, 0.717) is 18.7 Å². The number of aromatic nitrogens is 2. The molecule has 162 valence electrons. The Labute approximate surface area is 180 Å². The topological polar surface area (TPSA) is 95.3 Å². The SMILES string of the molecule is CCS(=O)(=O)N(CCOC)Cc1ccc2[nH]c(-c3cc4ccccc4[nH]c3=O)cc2c1. The molecule has 0 aliphatic rings. The van der Waals surface area contributed by atoms with Crippen molar-refractivity contribution in [2.45, 2.75) is 13.5 Å². The van der Waals surface area contributed by atoms with Gasteiger partial charge >= 0.3 is 0 Å². The highest BCUT2D eigenvalue weighted by Crippen LogP contribution is 2.25. The van der Waals surface area contributed by atoms with Crippen LogP contribution in [0.5, 0.6) is 0 Å². The van der Waals surface area contributed by atoms with E-state index in [-0.39, 0.29) is 17.9 Å². The summed E-state index contributed by atoms with van der Waals surface area (Å²) in [5.41, 5.74) is 3.67. The highest BCUT2D eigenvalue weighted by Gasteiger charge is 2.20. The number of rotatable bonds is 8. The molecule has 31 heavy (non-hydrogen) atoms. The fraction of sp³-hybridized carbons (Fsp3) is 0.261. The largest absolute Gasteiger partial charge is 0.383 e. The molecule has 0 saturated carbocycles. The molecule has 0 aliphatic heterocycles. The van der Waals surface area contributed by atoms with Gasteiger partial charge in [-0.05, 0) is 48.2 Å². The van der Waals surface area contributed by atoms with Crippen molar-refractivity contribution in [1.29, 1.82) is 0 Å². The molecule has 0 unspecified atom stereocenters. The summed E-state index contributed by atoms with van der Waals surface area (Å²) in [6.45, 7) is 2.54. The molecule has 2 N–H and O–H groups in total. The lowest BCUT2D eigenvalue weighted by Crippen LogP contribution is -2.34. The van der Waals surface area contributed by atoms with Crippen LogP contribution in [-0.2, 0) is 21.3 Å². The first kappa shape index (κ1) is 21.3. The molecule has 0 bridgehead atoms. The Morgan fingerprint density at radius 3 is 2.52 bits per heavy atom. The Kier molecular flexibility index (Phi) is 5.95. The highest BCUT2D eigenvalue weighted by molar-refractivity contribution is 7.89. The number of nitrogens with zero attached hydrogens (tertiary/aromatic N) is 1. The maximum absolute atomic E-state index is 12.6. The Morgan fingerprint density at radius 2 is 1.74 bits per heavy atom. The van der Waals surface area contributed by atoms with Gasteiger partial charge in [0, 0.05) is 36.6 Å². The quantitative estimate of drug-likeness (QED) is 0.439. The second kappa shape index (κ2) is 8.66. The van der Waals surface area contributed by atoms with E-state index in [1.54, 1.807) is 14.0 Å². The zero-order valence-electron chi connectivity index (χ0n) is 17.5. The normalized spacial score (nSPS) is 12.2. The summed E-state index contributed by atoms with van der Waals surface area (Å²) in [6, 6.07) is 17.2. The average Bonchev–Trinajstić information content (AvgIpc) is 3.19. The molecular weight excluding hydrogens is 414 g/mol. The summed E-state index contributed by atoms with van der Waals surface area (Å²) in [5.74, 6) is 0.0397. The zero-order chi connectivity index (χ0) is 22.0. The van der Waals surface area contributed by atoms with Crippen molar-refractivity contribution in [3.05, 3.63) is 70.5 Å². The summed E-state index contributed by atoms with van der Waals surface area (Å²) in [7, 11) is -1.79.